The molecule has 0 bridgehead atoms. The van der Waals surface area contributed by atoms with Gasteiger partial charge in [-0.1, -0.05) is 37.5 Å². The van der Waals surface area contributed by atoms with Crippen LogP contribution in [-0.4, -0.2) is 20.7 Å². The fourth-order valence-corrected chi connectivity index (χ4v) is 3.71. The third kappa shape index (κ3) is 4.42. The number of hydrogen-bond acceptors (Lipinski definition) is 3. The minimum atomic E-state index is -0.131. The Morgan fingerprint density at radius 2 is 1.85 bits per heavy atom. The summed E-state index contributed by atoms with van der Waals surface area (Å²) in [5.41, 5.74) is 2.94. The Morgan fingerprint density at radius 1 is 1.04 bits per heavy atom. The van der Waals surface area contributed by atoms with Crippen LogP contribution in [-0.2, 0) is 6.54 Å². The second-order valence-corrected chi connectivity index (χ2v) is 7.13. The molecule has 27 heavy (non-hydrogen) atoms. The second-order valence-electron chi connectivity index (χ2n) is 7.13. The van der Waals surface area contributed by atoms with Gasteiger partial charge in [0, 0.05) is 24.0 Å². The molecule has 0 saturated heterocycles. The molecular formula is C22H24N4O. The van der Waals surface area contributed by atoms with Crippen LogP contribution in [0.15, 0.2) is 60.9 Å². The minimum absolute atomic E-state index is 0.131. The average Bonchev–Trinajstić information content (AvgIpc) is 3.16. The standard InChI is InChI=1S/C22H24N4O/c27-22(19-11-9-18(10-12-19)17-6-2-1-3-7-17)24-21-13-15-26(25-21)16-20-8-4-5-14-23-20/h4-5,8-15,17H,1-3,6-7,16H2,(H,24,25,27). The Labute approximate surface area is 159 Å². The van der Waals surface area contributed by atoms with E-state index >= 15 is 0 Å². The highest BCUT2D eigenvalue weighted by Gasteiger charge is 2.16. The third-order valence-electron chi connectivity index (χ3n) is 5.18. The van der Waals surface area contributed by atoms with E-state index in [0.717, 1.165) is 5.69 Å². The van der Waals surface area contributed by atoms with E-state index in [1.54, 1.807) is 16.9 Å². The van der Waals surface area contributed by atoms with E-state index in [0.29, 0.717) is 23.8 Å². The molecule has 0 atom stereocenters. The van der Waals surface area contributed by atoms with Gasteiger partial charge in [-0.05, 0) is 48.6 Å². The zero-order valence-corrected chi connectivity index (χ0v) is 15.3. The van der Waals surface area contributed by atoms with Gasteiger partial charge < -0.3 is 5.32 Å². The Kier molecular flexibility index (Phi) is 5.28. The molecule has 1 N–H and O–H groups in total. The van der Waals surface area contributed by atoms with Crippen molar-refractivity contribution in [3.05, 3.63) is 77.7 Å². The fraction of sp³-hybridized carbons (Fsp3) is 0.318. The van der Waals surface area contributed by atoms with Gasteiger partial charge in [-0.25, -0.2) is 0 Å². The van der Waals surface area contributed by atoms with Gasteiger partial charge in [0.05, 0.1) is 12.2 Å². The normalized spacial score (nSPS) is 14.8. The predicted octanol–water partition coefficient (Wildman–Crippen LogP) is 4.63. The number of aromatic nitrogens is 3. The molecule has 5 nitrogen and oxygen atoms in total. The number of nitrogens with zero attached hydrogens (tertiary/aromatic N) is 3. The van der Waals surface area contributed by atoms with Crippen molar-refractivity contribution in [2.24, 2.45) is 0 Å². The molecule has 1 aromatic carbocycles. The first-order valence-electron chi connectivity index (χ1n) is 9.62. The molecule has 1 aliphatic rings. The summed E-state index contributed by atoms with van der Waals surface area (Å²) in [5, 5.41) is 7.28. The van der Waals surface area contributed by atoms with Crippen LogP contribution >= 0.6 is 0 Å². The van der Waals surface area contributed by atoms with Crippen LogP contribution in [0.25, 0.3) is 0 Å². The van der Waals surface area contributed by atoms with E-state index in [9.17, 15) is 4.79 Å². The maximum atomic E-state index is 12.5. The second kappa shape index (κ2) is 8.16. The van der Waals surface area contributed by atoms with E-state index in [1.165, 1.54) is 37.7 Å². The number of pyridine rings is 1. The topological polar surface area (TPSA) is 59.8 Å². The van der Waals surface area contributed by atoms with E-state index in [-0.39, 0.29) is 5.91 Å². The molecule has 0 radical (unpaired) electrons. The number of carbonyl (C=O) groups is 1. The summed E-state index contributed by atoms with van der Waals surface area (Å²) in [6, 6.07) is 15.6. The number of rotatable bonds is 5. The summed E-state index contributed by atoms with van der Waals surface area (Å²) in [6.45, 7) is 0.576. The molecule has 2 heterocycles. The minimum Gasteiger partial charge on any atom is -0.305 e. The van der Waals surface area contributed by atoms with E-state index in [4.69, 9.17) is 0 Å². The maximum absolute atomic E-state index is 12.5. The van der Waals surface area contributed by atoms with Crippen molar-refractivity contribution in [2.75, 3.05) is 5.32 Å². The van der Waals surface area contributed by atoms with Gasteiger partial charge in [0.1, 0.15) is 0 Å². The molecule has 0 aliphatic heterocycles. The van der Waals surface area contributed by atoms with Gasteiger partial charge in [-0.15, -0.1) is 0 Å². The molecule has 1 saturated carbocycles. The summed E-state index contributed by atoms with van der Waals surface area (Å²) in [7, 11) is 0. The molecule has 5 heteroatoms. The SMILES string of the molecule is O=C(Nc1ccn(Cc2ccccn2)n1)c1ccc(C2CCCCC2)cc1. The monoisotopic (exact) mass is 360 g/mol. The first-order chi connectivity index (χ1) is 13.3. The Morgan fingerprint density at radius 3 is 2.59 bits per heavy atom. The van der Waals surface area contributed by atoms with Crippen molar-refractivity contribution in [3.63, 3.8) is 0 Å². The lowest BCUT2D eigenvalue weighted by atomic mass is 9.84. The third-order valence-corrected chi connectivity index (χ3v) is 5.18. The largest absolute Gasteiger partial charge is 0.305 e. The lowest BCUT2D eigenvalue weighted by molar-refractivity contribution is 0.102. The van der Waals surface area contributed by atoms with Crippen LogP contribution in [0.5, 0.6) is 0 Å². The molecule has 1 amide bonds. The van der Waals surface area contributed by atoms with Crippen molar-refractivity contribution >= 4 is 11.7 Å². The van der Waals surface area contributed by atoms with Gasteiger partial charge in [-0.2, -0.15) is 5.10 Å². The van der Waals surface area contributed by atoms with E-state index in [2.05, 4.69) is 27.5 Å². The van der Waals surface area contributed by atoms with Crippen LogP contribution in [0.4, 0.5) is 5.82 Å². The lowest BCUT2D eigenvalue weighted by Crippen LogP contribution is -2.13. The predicted molar refractivity (Wildman–Crippen MR) is 106 cm³/mol. The number of nitrogens with one attached hydrogen (secondary N) is 1. The number of amides is 1. The smallest absolute Gasteiger partial charge is 0.256 e. The van der Waals surface area contributed by atoms with Crippen LogP contribution in [0.2, 0.25) is 0 Å². The summed E-state index contributed by atoms with van der Waals surface area (Å²) in [5.74, 6) is 1.07. The van der Waals surface area contributed by atoms with Crippen LogP contribution in [0, 0.1) is 0 Å². The molecule has 1 fully saturated rings. The number of anilines is 1. The number of benzene rings is 1. The Balaban J connectivity index is 1.37. The molecule has 3 aromatic rings. The first-order valence-corrected chi connectivity index (χ1v) is 9.62. The van der Waals surface area contributed by atoms with Crippen molar-refractivity contribution in [1.29, 1.82) is 0 Å². The van der Waals surface area contributed by atoms with Gasteiger partial charge in [0.2, 0.25) is 0 Å². The average molecular weight is 360 g/mol. The summed E-state index contributed by atoms with van der Waals surface area (Å²) < 4.78 is 1.77. The van der Waals surface area contributed by atoms with Gasteiger partial charge in [0.15, 0.2) is 5.82 Å². The van der Waals surface area contributed by atoms with E-state index in [1.807, 2.05) is 36.5 Å². The Hall–Kier alpha value is -2.95. The molecule has 0 spiro atoms. The molecular weight excluding hydrogens is 336 g/mol. The fourth-order valence-electron chi connectivity index (χ4n) is 3.71. The first kappa shape index (κ1) is 17.5. The molecule has 4 rings (SSSR count). The quantitative estimate of drug-likeness (QED) is 0.722. The van der Waals surface area contributed by atoms with Crippen LogP contribution in [0.1, 0.15) is 59.6 Å². The van der Waals surface area contributed by atoms with E-state index < -0.39 is 0 Å². The molecule has 1 aliphatic carbocycles. The zero-order chi connectivity index (χ0) is 18.5. The Bertz CT molecular complexity index is 880. The highest BCUT2D eigenvalue weighted by Crippen LogP contribution is 2.32. The van der Waals surface area contributed by atoms with Crippen molar-refractivity contribution in [2.45, 2.75) is 44.6 Å². The van der Waals surface area contributed by atoms with Crippen molar-refractivity contribution in [3.8, 4) is 0 Å². The zero-order valence-electron chi connectivity index (χ0n) is 15.3. The molecule has 2 aromatic heterocycles. The van der Waals surface area contributed by atoms with Gasteiger partial charge in [-0.3, -0.25) is 14.5 Å². The summed E-state index contributed by atoms with van der Waals surface area (Å²) in [4.78, 5) is 16.8. The van der Waals surface area contributed by atoms with Gasteiger partial charge >= 0.3 is 0 Å². The summed E-state index contributed by atoms with van der Waals surface area (Å²) >= 11 is 0. The molecule has 0 unspecified atom stereocenters. The maximum Gasteiger partial charge on any atom is 0.256 e. The van der Waals surface area contributed by atoms with Crippen LogP contribution < -0.4 is 5.32 Å². The number of carbonyl (C=O) groups excluding carboxylic acids is 1. The van der Waals surface area contributed by atoms with Crippen LogP contribution in [0.3, 0.4) is 0 Å². The van der Waals surface area contributed by atoms with Gasteiger partial charge in [0.25, 0.3) is 5.91 Å². The highest BCUT2D eigenvalue weighted by molar-refractivity contribution is 6.03. The molecule has 138 valence electrons. The lowest BCUT2D eigenvalue weighted by Gasteiger charge is -2.22. The van der Waals surface area contributed by atoms with Crippen molar-refractivity contribution < 1.29 is 4.79 Å². The summed E-state index contributed by atoms with van der Waals surface area (Å²) in [6.07, 6.45) is 10.1. The van der Waals surface area contributed by atoms with Crippen molar-refractivity contribution in [1.82, 2.24) is 14.8 Å². The number of hydrogen-bond donors (Lipinski definition) is 1. The highest BCUT2D eigenvalue weighted by atomic mass is 16.1.